The molecule has 3 amide bonds. The summed E-state index contributed by atoms with van der Waals surface area (Å²) in [4.78, 5) is 43.0. The number of anilines is 1. The summed E-state index contributed by atoms with van der Waals surface area (Å²) in [5.41, 5.74) is 3.79. The predicted molar refractivity (Wildman–Crippen MR) is 129 cm³/mol. The van der Waals surface area contributed by atoms with Crippen LogP contribution in [-0.4, -0.2) is 64.5 Å². The van der Waals surface area contributed by atoms with E-state index < -0.39 is 6.09 Å². The molecule has 0 spiro atoms. The first-order valence-corrected chi connectivity index (χ1v) is 12.0. The lowest BCUT2D eigenvalue weighted by molar-refractivity contribution is 0.00355. The Bertz CT molecular complexity index is 1130. The quantitative estimate of drug-likeness (QED) is 0.683. The lowest BCUT2D eigenvalue weighted by atomic mass is 9.82. The Labute approximate surface area is 200 Å². The van der Waals surface area contributed by atoms with Crippen LogP contribution in [0.4, 0.5) is 10.5 Å². The molecule has 7 heteroatoms. The van der Waals surface area contributed by atoms with Gasteiger partial charge >= 0.3 is 6.09 Å². The van der Waals surface area contributed by atoms with Crippen molar-refractivity contribution in [3.8, 4) is 0 Å². The number of piperazine rings is 1. The third kappa shape index (κ3) is 3.78. The van der Waals surface area contributed by atoms with E-state index in [1.54, 1.807) is 29.2 Å². The van der Waals surface area contributed by atoms with Crippen LogP contribution in [0.1, 0.15) is 59.0 Å². The molecule has 1 N–H and O–H groups in total. The maximum absolute atomic E-state index is 12.9. The van der Waals surface area contributed by atoms with E-state index in [4.69, 9.17) is 0 Å². The van der Waals surface area contributed by atoms with Crippen molar-refractivity contribution in [1.29, 1.82) is 0 Å². The van der Waals surface area contributed by atoms with Gasteiger partial charge in [-0.15, -0.1) is 0 Å². The second-order valence-electron chi connectivity index (χ2n) is 10.7. The van der Waals surface area contributed by atoms with Crippen LogP contribution < -0.4 is 4.90 Å². The van der Waals surface area contributed by atoms with Crippen molar-refractivity contribution in [2.24, 2.45) is 5.41 Å². The number of hydrogen-bond acceptors (Lipinski definition) is 4. The van der Waals surface area contributed by atoms with Crippen LogP contribution in [0.5, 0.6) is 0 Å². The summed E-state index contributed by atoms with van der Waals surface area (Å²) in [7, 11) is 0. The molecule has 178 valence electrons. The van der Waals surface area contributed by atoms with E-state index in [-0.39, 0.29) is 23.3 Å². The van der Waals surface area contributed by atoms with E-state index in [1.807, 2.05) is 18.2 Å². The maximum Gasteiger partial charge on any atom is 0.407 e. The number of fused-ring (bicyclic) bond motifs is 2. The minimum atomic E-state index is -0.848. The van der Waals surface area contributed by atoms with Gasteiger partial charge in [0, 0.05) is 25.7 Å². The van der Waals surface area contributed by atoms with Crippen molar-refractivity contribution in [1.82, 2.24) is 9.80 Å². The Hall–Kier alpha value is -3.19. The molecule has 1 aliphatic carbocycles. The average Bonchev–Trinajstić information content (AvgIpc) is 3.07. The number of nitrogens with zero attached hydrogens (tertiary/aromatic N) is 3. The van der Waals surface area contributed by atoms with Crippen LogP contribution in [0.2, 0.25) is 0 Å². The lowest BCUT2D eigenvalue weighted by Gasteiger charge is -2.49. The maximum atomic E-state index is 12.9. The molecule has 2 atom stereocenters. The molecular formula is C27H31N3O4. The lowest BCUT2D eigenvalue weighted by Crippen LogP contribution is -2.61. The number of imide groups is 1. The van der Waals surface area contributed by atoms with Crippen molar-refractivity contribution < 1.29 is 19.5 Å². The van der Waals surface area contributed by atoms with Crippen LogP contribution in [-0.2, 0) is 12.8 Å². The largest absolute Gasteiger partial charge is 0.465 e. The van der Waals surface area contributed by atoms with Crippen LogP contribution in [0.3, 0.4) is 0 Å². The number of hydrogen-bond donors (Lipinski definition) is 1. The predicted octanol–water partition coefficient (Wildman–Crippen LogP) is 4.05. The van der Waals surface area contributed by atoms with Gasteiger partial charge in [-0.1, -0.05) is 39.0 Å². The Kier molecular flexibility index (Phi) is 5.47. The van der Waals surface area contributed by atoms with Gasteiger partial charge in [-0.2, -0.15) is 0 Å². The summed E-state index contributed by atoms with van der Waals surface area (Å²) in [6.07, 6.45) is 1.93. The molecule has 2 aromatic carbocycles. The van der Waals surface area contributed by atoms with Crippen molar-refractivity contribution in [2.45, 2.75) is 52.1 Å². The Morgan fingerprint density at radius 3 is 2.26 bits per heavy atom. The topological polar surface area (TPSA) is 81.2 Å². The van der Waals surface area contributed by atoms with E-state index in [0.717, 1.165) is 25.8 Å². The van der Waals surface area contributed by atoms with E-state index in [2.05, 4.69) is 25.7 Å². The molecule has 2 unspecified atom stereocenters. The summed E-state index contributed by atoms with van der Waals surface area (Å²) in [5, 5.41) is 9.69. The van der Waals surface area contributed by atoms with Crippen molar-refractivity contribution in [2.75, 3.05) is 24.5 Å². The first kappa shape index (κ1) is 22.6. The molecule has 5 rings (SSSR count). The summed E-state index contributed by atoms with van der Waals surface area (Å²) >= 11 is 0. The third-order valence-electron chi connectivity index (χ3n) is 7.62. The van der Waals surface area contributed by atoms with Crippen LogP contribution in [0.15, 0.2) is 42.5 Å². The summed E-state index contributed by atoms with van der Waals surface area (Å²) < 4.78 is 0. The average molecular weight is 462 g/mol. The number of carbonyl (C=O) groups is 3. The zero-order valence-corrected chi connectivity index (χ0v) is 20.0. The Balaban J connectivity index is 1.37. The van der Waals surface area contributed by atoms with Crippen LogP contribution in [0, 0.1) is 5.41 Å². The van der Waals surface area contributed by atoms with Crippen LogP contribution >= 0.6 is 0 Å². The molecular weight excluding hydrogens is 430 g/mol. The van der Waals surface area contributed by atoms with Gasteiger partial charge in [0.05, 0.1) is 22.9 Å². The first-order valence-electron chi connectivity index (χ1n) is 12.0. The minimum absolute atomic E-state index is 0.0650. The van der Waals surface area contributed by atoms with Crippen molar-refractivity contribution in [3.05, 3.63) is 64.7 Å². The molecule has 2 aliphatic heterocycles. The van der Waals surface area contributed by atoms with Gasteiger partial charge in [0.2, 0.25) is 0 Å². The normalized spacial score (nSPS) is 23.1. The molecule has 0 radical (unpaired) electrons. The smallest absolute Gasteiger partial charge is 0.407 e. The van der Waals surface area contributed by atoms with Gasteiger partial charge in [0.25, 0.3) is 11.8 Å². The Morgan fingerprint density at radius 2 is 1.65 bits per heavy atom. The molecule has 0 aromatic heterocycles. The van der Waals surface area contributed by atoms with Gasteiger partial charge < -0.3 is 10.0 Å². The minimum Gasteiger partial charge on any atom is -0.465 e. The van der Waals surface area contributed by atoms with Crippen molar-refractivity contribution >= 4 is 23.6 Å². The van der Waals surface area contributed by atoms with Crippen LogP contribution in [0.25, 0.3) is 0 Å². The molecule has 34 heavy (non-hydrogen) atoms. The number of carbonyl (C=O) groups excluding carboxylic acids is 2. The molecule has 1 saturated heterocycles. The fraction of sp³-hybridized carbons (Fsp3) is 0.444. The highest BCUT2D eigenvalue weighted by molar-refractivity contribution is 6.34. The number of benzene rings is 2. The molecule has 0 bridgehead atoms. The molecule has 3 aliphatic rings. The first-order chi connectivity index (χ1) is 16.1. The zero-order valence-electron chi connectivity index (χ0n) is 20.0. The molecule has 7 nitrogen and oxygen atoms in total. The number of carboxylic acid groups (broad SMARTS) is 1. The van der Waals surface area contributed by atoms with Gasteiger partial charge in [0.15, 0.2) is 0 Å². The highest BCUT2D eigenvalue weighted by atomic mass is 16.4. The summed E-state index contributed by atoms with van der Waals surface area (Å²) in [6.45, 7) is 8.24. The standard InChI is InChI=1S/C27H31N3O4/c1-27(2,3)23-16-28(12-13-29(23)26(33)34)19-10-8-17-9-11-20(15-18(17)14-19)30-24(31)21-6-4-5-7-22(21)25(30)32/h4-7,9,11,15,19,23H,8,10,12-14,16H2,1-3H3,(H,33,34). The van der Waals surface area contributed by atoms with Gasteiger partial charge in [-0.05, 0) is 60.1 Å². The second-order valence-corrected chi connectivity index (χ2v) is 10.7. The van der Waals surface area contributed by atoms with Gasteiger partial charge in [-0.25, -0.2) is 9.69 Å². The van der Waals surface area contributed by atoms with Crippen molar-refractivity contribution in [3.63, 3.8) is 0 Å². The molecule has 1 fully saturated rings. The van der Waals surface area contributed by atoms with E-state index >= 15 is 0 Å². The number of aryl methyl sites for hydroxylation is 1. The number of amides is 3. The van der Waals surface area contributed by atoms with E-state index in [0.29, 0.717) is 35.9 Å². The van der Waals surface area contributed by atoms with E-state index in [1.165, 1.54) is 16.0 Å². The zero-order chi connectivity index (χ0) is 24.2. The Morgan fingerprint density at radius 1 is 0.971 bits per heavy atom. The summed E-state index contributed by atoms with van der Waals surface area (Å²) in [5.74, 6) is -0.545. The number of rotatable bonds is 2. The van der Waals surface area contributed by atoms with Gasteiger partial charge in [0.1, 0.15) is 0 Å². The highest BCUT2D eigenvalue weighted by Gasteiger charge is 2.41. The molecule has 2 heterocycles. The second kappa shape index (κ2) is 8.24. The molecule has 2 aromatic rings. The fourth-order valence-electron chi connectivity index (χ4n) is 5.70. The highest BCUT2D eigenvalue weighted by Crippen LogP contribution is 2.35. The third-order valence-corrected chi connectivity index (χ3v) is 7.62. The molecule has 0 saturated carbocycles. The fourth-order valence-corrected chi connectivity index (χ4v) is 5.70. The monoisotopic (exact) mass is 461 g/mol. The summed E-state index contributed by atoms with van der Waals surface area (Å²) in [6, 6.07) is 13.1. The van der Waals surface area contributed by atoms with E-state index in [9.17, 15) is 19.5 Å². The van der Waals surface area contributed by atoms with Gasteiger partial charge in [-0.3, -0.25) is 14.5 Å². The SMILES string of the molecule is CC(C)(C)C1CN(C2CCc3ccc(N4C(=O)c5ccccc5C4=O)cc3C2)CCN1C(=O)O.